The first-order valence-electron chi connectivity index (χ1n) is 9.56. The highest BCUT2D eigenvalue weighted by atomic mass is 32.2. The van der Waals surface area contributed by atoms with Gasteiger partial charge in [0.2, 0.25) is 5.91 Å². The summed E-state index contributed by atoms with van der Waals surface area (Å²) in [5.41, 5.74) is 1.69. The van der Waals surface area contributed by atoms with Gasteiger partial charge in [-0.3, -0.25) is 9.52 Å². The second kappa shape index (κ2) is 8.74. The molecule has 160 valence electrons. The maximum absolute atomic E-state index is 13.0. The average molecular weight is 432 g/mol. The van der Waals surface area contributed by atoms with Gasteiger partial charge in [0.25, 0.3) is 10.0 Å². The first-order chi connectivity index (χ1) is 14.3. The molecule has 8 nitrogen and oxygen atoms in total. The van der Waals surface area contributed by atoms with E-state index >= 15 is 0 Å². The number of sulfonamides is 1. The summed E-state index contributed by atoms with van der Waals surface area (Å²) in [6.07, 6.45) is 1.13. The Hall–Kier alpha value is -3.07. The Balaban J connectivity index is 1.91. The minimum atomic E-state index is -3.93. The largest absolute Gasteiger partial charge is 0.495 e. The van der Waals surface area contributed by atoms with Gasteiger partial charge < -0.3 is 14.4 Å². The first-order valence-corrected chi connectivity index (χ1v) is 11.0. The fourth-order valence-corrected chi connectivity index (χ4v) is 4.42. The van der Waals surface area contributed by atoms with Crippen LogP contribution >= 0.6 is 0 Å². The second-order valence-corrected chi connectivity index (χ2v) is 8.52. The molecule has 0 radical (unpaired) electrons. The van der Waals surface area contributed by atoms with Crippen molar-refractivity contribution >= 4 is 33.3 Å². The van der Waals surface area contributed by atoms with Crippen LogP contribution in [-0.2, 0) is 19.6 Å². The van der Waals surface area contributed by atoms with Crippen molar-refractivity contribution in [3.05, 3.63) is 47.5 Å². The molecule has 1 amide bonds. The number of benzene rings is 2. The Morgan fingerprint density at radius 2 is 1.97 bits per heavy atom. The molecule has 1 fully saturated rings. The number of anilines is 2. The van der Waals surface area contributed by atoms with Gasteiger partial charge in [-0.1, -0.05) is 0 Å². The van der Waals surface area contributed by atoms with E-state index in [1.54, 1.807) is 19.9 Å². The molecule has 9 heteroatoms. The lowest BCUT2D eigenvalue weighted by Gasteiger charge is -2.20. The number of rotatable bonds is 7. The van der Waals surface area contributed by atoms with E-state index in [1.165, 1.54) is 42.3 Å². The van der Waals surface area contributed by atoms with Gasteiger partial charge in [0.1, 0.15) is 5.75 Å². The number of carbonyl (C=O) groups excluding carboxylic acids is 2. The molecule has 30 heavy (non-hydrogen) atoms. The fraction of sp³-hybridized carbons (Fsp3) is 0.333. The van der Waals surface area contributed by atoms with Gasteiger partial charge in [-0.2, -0.15) is 0 Å². The highest BCUT2D eigenvalue weighted by Gasteiger charge is 2.27. The maximum Gasteiger partial charge on any atom is 0.338 e. The maximum atomic E-state index is 13.0. The Kier molecular flexibility index (Phi) is 6.31. The normalized spacial score (nSPS) is 14.0. The predicted molar refractivity (Wildman–Crippen MR) is 113 cm³/mol. The van der Waals surface area contributed by atoms with Crippen molar-refractivity contribution in [3.8, 4) is 5.75 Å². The molecule has 0 unspecified atom stereocenters. The van der Waals surface area contributed by atoms with Crippen molar-refractivity contribution in [2.45, 2.75) is 31.6 Å². The van der Waals surface area contributed by atoms with Crippen LogP contribution in [0, 0.1) is 6.92 Å². The number of esters is 1. The van der Waals surface area contributed by atoms with Crippen molar-refractivity contribution in [2.24, 2.45) is 0 Å². The molecular formula is C21H24N2O6S. The number of hydrogen-bond donors (Lipinski definition) is 1. The number of methoxy groups -OCH3 is 1. The van der Waals surface area contributed by atoms with Crippen molar-refractivity contribution in [3.63, 3.8) is 0 Å². The molecule has 1 saturated heterocycles. The third kappa shape index (κ3) is 4.40. The van der Waals surface area contributed by atoms with Crippen molar-refractivity contribution in [2.75, 3.05) is 29.9 Å². The van der Waals surface area contributed by atoms with E-state index < -0.39 is 16.0 Å². The lowest BCUT2D eigenvalue weighted by molar-refractivity contribution is -0.117. The number of nitrogens with zero attached hydrogens (tertiary/aromatic N) is 1. The molecule has 2 aromatic carbocycles. The van der Waals surface area contributed by atoms with E-state index in [4.69, 9.17) is 9.47 Å². The Morgan fingerprint density at radius 3 is 2.57 bits per heavy atom. The molecule has 2 aromatic rings. The van der Waals surface area contributed by atoms with Crippen LogP contribution < -0.4 is 14.4 Å². The zero-order chi connectivity index (χ0) is 21.9. The third-order valence-corrected chi connectivity index (χ3v) is 6.17. The van der Waals surface area contributed by atoms with Crippen LogP contribution in [-0.4, -0.2) is 40.6 Å². The summed E-state index contributed by atoms with van der Waals surface area (Å²) < 4.78 is 38.8. The Bertz CT molecular complexity index is 1080. The summed E-state index contributed by atoms with van der Waals surface area (Å²) in [5, 5.41) is 0. The summed E-state index contributed by atoms with van der Waals surface area (Å²) in [5.74, 6) is -0.106. The van der Waals surface area contributed by atoms with Gasteiger partial charge in [0.05, 0.1) is 35.6 Å². The van der Waals surface area contributed by atoms with Crippen LogP contribution in [0.3, 0.4) is 0 Å². The minimum absolute atomic E-state index is 0.00636. The van der Waals surface area contributed by atoms with Crippen LogP contribution in [0.5, 0.6) is 5.75 Å². The Morgan fingerprint density at radius 1 is 1.20 bits per heavy atom. The van der Waals surface area contributed by atoms with E-state index in [0.717, 1.165) is 0 Å². The monoisotopic (exact) mass is 432 g/mol. The Labute approximate surface area is 175 Å². The van der Waals surface area contributed by atoms with E-state index in [1.807, 2.05) is 0 Å². The minimum Gasteiger partial charge on any atom is -0.495 e. The SMILES string of the molecule is CCOC(=O)c1ccc(NS(=O)(=O)c2ccc(OC)c(N3CCCC3=O)c2)c(C)c1. The molecule has 0 atom stereocenters. The number of amides is 1. The van der Waals surface area contributed by atoms with Crippen molar-refractivity contribution in [1.82, 2.24) is 0 Å². The van der Waals surface area contributed by atoms with E-state index in [0.29, 0.717) is 47.6 Å². The third-order valence-electron chi connectivity index (χ3n) is 4.81. The summed E-state index contributed by atoms with van der Waals surface area (Å²) in [4.78, 5) is 25.5. The molecule has 3 rings (SSSR count). The van der Waals surface area contributed by atoms with Crippen LogP contribution in [0.2, 0.25) is 0 Å². The lowest BCUT2D eigenvalue weighted by atomic mass is 10.1. The zero-order valence-electron chi connectivity index (χ0n) is 17.1. The lowest BCUT2D eigenvalue weighted by Crippen LogP contribution is -2.25. The van der Waals surface area contributed by atoms with Gasteiger partial charge in [0, 0.05) is 13.0 Å². The fourth-order valence-electron chi connectivity index (χ4n) is 3.27. The van der Waals surface area contributed by atoms with Crippen LogP contribution in [0.1, 0.15) is 35.7 Å². The van der Waals surface area contributed by atoms with Gasteiger partial charge in [-0.25, -0.2) is 13.2 Å². The molecule has 1 aliphatic rings. The summed E-state index contributed by atoms with van der Waals surface area (Å²) >= 11 is 0. The molecule has 0 saturated carbocycles. The van der Waals surface area contributed by atoms with E-state index in [-0.39, 0.29) is 17.4 Å². The number of carbonyl (C=O) groups is 2. The summed E-state index contributed by atoms with van der Waals surface area (Å²) in [7, 11) is -2.46. The molecule has 0 aliphatic carbocycles. The molecular weight excluding hydrogens is 408 g/mol. The molecule has 0 spiro atoms. The molecule has 1 N–H and O–H groups in total. The molecule has 0 aromatic heterocycles. The zero-order valence-corrected chi connectivity index (χ0v) is 17.9. The summed E-state index contributed by atoms with van der Waals surface area (Å²) in [6, 6.07) is 8.99. The van der Waals surface area contributed by atoms with Crippen LogP contribution in [0.25, 0.3) is 0 Å². The molecule has 0 bridgehead atoms. The summed E-state index contributed by atoms with van der Waals surface area (Å²) in [6.45, 7) is 4.18. The van der Waals surface area contributed by atoms with Gasteiger partial charge in [-0.15, -0.1) is 0 Å². The van der Waals surface area contributed by atoms with E-state index in [9.17, 15) is 18.0 Å². The van der Waals surface area contributed by atoms with Crippen molar-refractivity contribution < 1.29 is 27.5 Å². The number of ether oxygens (including phenoxy) is 2. The van der Waals surface area contributed by atoms with E-state index in [2.05, 4.69) is 4.72 Å². The van der Waals surface area contributed by atoms with Crippen LogP contribution in [0.15, 0.2) is 41.3 Å². The van der Waals surface area contributed by atoms with Gasteiger partial charge in [0.15, 0.2) is 0 Å². The van der Waals surface area contributed by atoms with Crippen LogP contribution in [0.4, 0.5) is 11.4 Å². The number of aryl methyl sites for hydroxylation is 1. The average Bonchev–Trinajstić information content (AvgIpc) is 3.14. The molecule has 1 aliphatic heterocycles. The first kappa shape index (κ1) is 21.6. The number of nitrogens with one attached hydrogen (secondary N) is 1. The van der Waals surface area contributed by atoms with Gasteiger partial charge >= 0.3 is 5.97 Å². The predicted octanol–water partition coefficient (Wildman–Crippen LogP) is 3.11. The topological polar surface area (TPSA) is 102 Å². The van der Waals surface area contributed by atoms with Gasteiger partial charge in [-0.05, 0) is 62.2 Å². The smallest absolute Gasteiger partial charge is 0.338 e. The highest BCUT2D eigenvalue weighted by molar-refractivity contribution is 7.92. The quantitative estimate of drug-likeness (QED) is 0.675. The number of hydrogen-bond acceptors (Lipinski definition) is 6. The second-order valence-electron chi connectivity index (χ2n) is 6.84. The van der Waals surface area contributed by atoms with Crippen molar-refractivity contribution in [1.29, 1.82) is 0 Å². The highest BCUT2D eigenvalue weighted by Crippen LogP contribution is 2.34. The molecule has 1 heterocycles. The standard InChI is InChI=1S/C21H24N2O6S/c1-4-29-21(25)15-7-9-17(14(2)12-15)22-30(26,27)16-8-10-19(28-3)18(13-16)23-11-5-6-20(23)24/h7-10,12-13,22H,4-6,11H2,1-3H3.